The number of allylic oxidation sites excluding steroid dienone is 1. The van der Waals surface area contributed by atoms with E-state index in [2.05, 4.69) is 26.5 Å². The highest BCUT2D eigenvalue weighted by Gasteiger charge is 2.59. The normalized spacial score (nSPS) is 54.3. The Morgan fingerprint density at radius 1 is 1.05 bits per heavy atom. The van der Waals surface area contributed by atoms with Crippen LogP contribution in [0.15, 0.2) is 12.7 Å². The quantitative estimate of drug-likeness (QED) is 0.592. The van der Waals surface area contributed by atoms with E-state index in [9.17, 15) is 4.79 Å². The van der Waals surface area contributed by atoms with Crippen molar-refractivity contribution in [1.29, 1.82) is 0 Å². The monoisotopic (exact) mass is 300 g/mol. The van der Waals surface area contributed by atoms with Gasteiger partial charge in [-0.2, -0.15) is 0 Å². The highest BCUT2D eigenvalue weighted by Crippen LogP contribution is 2.65. The summed E-state index contributed by atoms with van der Waals surface area (Å²) in [5.74, 6) is 4.68. The maximum atomic E-state index is 12.4. The molecule has 0 aliphatic heterocycles. The van der Waals surface area contributed by atoms with Crippen molar-refractivity contribution in [3.63, 3.8) is 0 Å². The minimum Gasteiger partial charge on any atom is -0.299 e. The first-order valence-corrected chi connectivity index (χ1v) is 9.65. The molecule has 122 valence electrons. The van der Waals surface area contributed by atoms with Crippen molar-refractivity contribution in [2.24, 2.45) is 40.4 Å². The van der Waals surface area contributed by atoms with Gasteiger partial charge >= 0.3 is 0 Å². The van der Waals surface area contributed by atoms with E-state index in [-0.39, 0.29) is 5.41 Å². The molecule has 4 aliphatic rings. The van der Waals surface area contributed by atoms with Gasteiger partial charge in [-0.3, -0.25) is 4.79 Å². The lowest BCUT2D eigenvalue weighted by Crippen LogP contribution is -2.53. The van der Waals surface area contributed by atoms with Crippen LogP contribution in [0.2, 0.25) is 0 Å². The molecule has 4 rings (SSSR count). The van der Waals surface area contributed by atoms with Gasteiger partial charge < -0.3 is 0 Å². The summed E-state index contributed by atoms with van der Waals surface area (Å²) < 4.78 is 0. The first kappa shape index (κ1) is 15.0. The van der Waals surface area contributed by atoms with Crippen LogP contribution in [0.3, 0.4) is 0 Å². The summed E-state index contributed by atoms with van der Waals surface area (Å²) in [6.07, 6.45) is 13.7. The summed E-state index contributed by atoms with van der Waals surface area (Å²) in [6.45, 7) is 8.95. The van der Waals surface area contributed by atoms with Gasteiger partial charge in [-0.25, -0.2) is 0 Å². The molecule has 7 atom stereocenters. The maximum absolute atomic E-state index is 12.4. The number of rotatable bonds is 1. The second kappa shape index (κ2) is 4.95. The molecule has 0 spiro atoms. The standard InChI is InChI=1S/C21H32O/c1-4-14-9-11-20(2)15(13-14)5-6-16-17-7-8-19(22)21(17,3)12-10-18(16)20/h4,14-18H,1,5-13H2,2-3H3/t14-,15-,16-,17-,18-,20-,21-/m0/s1. The highest BCUT2D eigenvalue weighted by molar-refractivity contribution is 5.87. The van der Waals surface area contributed by atoms with Gasteiger partial charge in [0, 0.05) is 11.8 Å². The number of Topliss-reactive ketones (excluding diaryl/α,β-unsaturated/α-hetero) is 1. The molecule has 4 saturated carbocycles. The molecule has 0 radical (unpaired) electrons. The third kappa shape index (κ3) is 1.86. The lowest BCUT2D eigenvalue weighted by atomic mass is 9.44. The fourth-order valence-electron chi connectivity index (χ4n) is 7.28. The number of fused-ring (bicyclic) bond motifs is 5. The molecule has 0 saturated heterocycles. The topological polar surface area (TPSA) is 17.1 Å². The van der Waals surface area contributed by atoms with Crippen molar-refractivity contribution in [3.8, 4) is 0 Å². The van der Waals surface area contributed by atoms with E-state index in [1.165, 1.54) is 51.4 Å². The van der Waals surface area contributed by atoms with Gasteiger partial charge in [0.05, 0.1) is 0 Å². The molecule has 0 bridgehead atoms. The minimum atomic E-state index is 0.0443. The van der Waals surface area contributed by atoms with Crippen LogP contribution >= 0.6 is 0 Å². The van der Waals surface area contributed by atoms with Gasteiger partial charge in [0.2, 0.25) is 0 Å². The molecule has 0 aromatic rings. The fraction of sp³-hybridized carbons (Fsp3) is 0.857. The molecule has 0 N–H and O–H groups in total. The SMILES string of the molecule is C=C[C@H]1CC[C@@]2(C)[C@@H](CC[C@@H]3[C@@H]2CC[C@]2(C)C(=O)CC[C@@H]32)C1. The Kier molecular flexibility index (Phi) is 3.37. The van der Waals surface area contributed by atoms with Gasteiger partial charge in [0.25, 0.3) is 0 Å². The number of hydrogen-bond acceptors (Lipinski definition) is 1. The molecule has 0 heterocycles. The van der Waals surface area contributed by atoms with E-state index in [0.29, 0.717) is 17.1 Å². The Hall–Kier alpha value is -0.590. The van der Waals surface area contributed by atoms with E-state index in [1.807, 2.05) is 0 Å². The molecule has 0 unspecified atom stereocenters. The highest BCUT2D eigenvalue weighted by atomic mass is 16.1. The molecule has 22 heavy (non-hydrogen) atoms. The average Bonchev–Trinajstić information content (AvgIpc) is 2.82. The van der Waals surface area contributed by atoms with Gasteiger partial charge in [-0.1, -0.05) is 19.9 Å². The molecule has 0 amide bonds. The number of hydrogen-bond donors (Lipinski definition) is 0. The van der Waals surface area contributed by atoms with Crippen LogP contribution in [-0.4, -0.2) is 5.78 Å². The first-order valence-electron chi connectivity index (χ1n) is 9.65. The van der Waals surface area contributed by atoms with Gasteiger partial charge in [0.15, 0.2) is 0 Å². The van der Waals surface area contributed by atoms with Crippen molar-refractivity contribution in [2.75, 3.05) is 0 Å². The second-order valence-electron chi connectivity index (χ2n) is 9.35. The van der Waals surface area contributed by atoms with Gasteiger partial charge in [-0.05, 0) is 86.4 Å². The third-order valence-corrected chi connectivity index (χ3v) is 8.75. The Morgan fingerprint density at radius 3 is 2.64 bits per heavy atom. The van der Waals surface area contributed by atoms with Crippen LogP contribution in [0, 0.1) is 40.4 Å². The molecular formula is C21H32O. The maximum Gasteiger partial charge on any atom is 0.139 e. The predicted octanol–water partition coefficient (Wildman–Crippen LogP) is 5.40. The van der Waals surface area contributed by atoms with E-state index >= 15 is 0 Å². The molecule has 0 aromatic carbocycles. The Balaban J connectivity index is 1.61. The summed E-state index contributed by atoms with van der Waals surface area (Å²) in [6, 6.07) is 0. The minimum absolute atomic E-state index is 0.0443. The molecule has 1 heteroatoms. The lowest BCUT2D eigenvalue weighted by Gasteiger charge is -2.60. The van der Waals surface area contributed by atoms with Crippen molar-refractivity contribution >= 4 is 5.78 Å². The summed E-state index contributed by atoms with van der Waals surface area (Å²) >= 11 is 0. The van der Waals surface area contributed by atoms with Crippen LogP contribution < -0.4 is 0 Å². The van der Waals surface area contributed by atoms with Gasteiger partial charge in [-0.15, -0.1) is 6.58 Å². The van der Waals surface area contributed by atoms with E-state index in [4.69, 9.17) is 0 Å². The zero-order chi connectivity index (χ0) is 15.5. The smallest absolute Gasteiger partial charge is 0.139 e. The van der Waals surface area contributed by atoms with Crippen LogP contribution in [0.4, 0.5) is 0 Å². The Morgan fingerprint density at radius 2 is 1.86 bits per heavy atom. The number of ketones is 1. The Bertz CT molecular complexity index is 494. The van der Waals surface area contributed by atoms with Crippen LogP contribution in [0.25, 0.3) is 0 Å². The van der Waals surface area contributed by atoms with Crippen molar-refractivity contribution in [2.45, 2.75) is 71.6 Å². The fourth-order valence-corrected chi connectivity index (χ4v) is 7.28. The van der Waals surface area contributed by atoms with E-state index in [0.717, 1.165) is 30.1 Å². The Labute approximate surface area is 135 Å². The summed E-state index contributed by atoms with van der Waals surface area (Å²) in [5.41, 5.74) is 0.595. The van der Waals surface area contributed by atoms with Crippen molar-refractivity contribution in [1.82, 2.24) is 0 Å². The first-order chi connectivity index (χ1) is 10.5. The molecule has 0 aromatic heterocycles. The van der Waals surface area contributed by atoms with Crippen LogP contribution in [0.1, 0.15) is 71.6 Å². The average molecular weight is 300 g/mol. The molecular weight excluding hydrogens is 268 g/mol. The van der Waals surface area contributed by atoms with Crippen LogP contribution in [0.5, 0.6) is 0 Å². The van der Waals surface area contributed by atoms with Gasteiger partial charge in [0.1, 0.15) is 5.78 Å². The largest absolute Gasteiger partial charge is 0.299 e. The summed E-state index contributed by atoms with van der Waals surface area (Å²) in [4.78, 5) is 12.4. The molecule has 4 fully saturated rings. The summed E-state index contributed by atoms with van der Waals surface area (Å²) in [5, 5.41) is 0. The second-order valence-corrected chi connectivity index (χ2v) is 9.35. The predicted molar refractivity (Wildman–Crippen MR) is 90.4 cm³/mol. The number of carbonyl (C=O) groups is 1. The lowest BCUT2D eigenvalue weighted by molar-refractivity contribution is -0.139. The number of carbonyl (C=O) groups excluding carboxylic acids is 1. The zero-order valence-electron chi connectivity index (χ0n) is 14.4. The van der Waals surface area contributed by atoms with E-state index in [1.54, 1.807) is 0 Å². The zero-order valence-corrected chi connectivity index (χ0v) is 14.4. The summed E-state index contributed by atoms with van der Waals surface area (Å²) in [7, 11) is 0. The van der Waals surface area contributed by atoms with Crippen LogP contribution in [-0.2, 0) is 4.79 Å². The molecule has 4 aliphatic carbocycles. The third-order valence-electron chi connectivity index (χ3n) is 8.75. The van der Waals surface area contributed by atoms with Crippen molar-refractivity contribution in [3.05, 3.63) is 12.7 Å². The van der Waals surface area contributed by atoms with E-state index < -0.39 is 0 Å². The molecule has 1 nitrogen and oxygen atoms in total. The van der Waals surface area contributed by atoms with Crippen molar-refractivity contribution < 1.29 is 4.79 Å².